The SMILES string of the molecule is CCc1ccc(-n2ncc(C(=O)OC)c2N)cc1. The quantitative estimate of drug-likeness (QED) is 0.837. The van der Waals surface area contributed by atoms with E-state index in [0.29, 0.717) is 0 Å². The number of carbonyl (C=O) groups is 1. The van der Waals surface area contributed by atoms with Crippen LogP contribution in [0.15, 0.2) is 30.5 Å². The van der Waals surface area contributed by atoms with Crippen LogP contribution < -0.4 is 5.73 Å². The van der Waals surface area contributed by atoms with Crippen molar-refractivity contribution in [3.05, 3.63) is 41.6 Å². The van der Waals surface area contributed by atoms with Gasteiger partial charge in [0.1, 0.15) is 11.4 Å². The molecular formula is C13H15N3O2. The molecule has 0 atom stereocenters. The summed E-state index contributed by atoms with van der Waals surface area (Å²) >= 11 is 0. The predicted molar refractivity (Wildman–Crippen MR) is 68.7 cm³/mol. The summed E-state index contributed by atoms with van der Waals surface area (Å²) in [6.07, 6.45) is 2.39. The number of nitrogen functional groups attached to an aromatic ring is 1. The van der Waals surface area contributed by atoms with Gasteiger partial charge in [-0.05, 0) is 24.1 Å². The molecule has 5 heteroatoms. The Labute approximate surface area is 105 Å². The number of benzene rings is 1. The Bertz CT molecular complexity index is 558. The minimum atomic E-state index is -0.482. The largest absolute Gasteiger partial charge is 0.465 e. The maximum atomic E-state index is 11.4. The van der Waals surface area contributed by atoms with Gasteiger partial charge >= 0.3 is 5.97 Å². The highest BCUT2D eigenvalue weighted by Crippen LogP contribution is 2.18. The van der Waals surface area contributed by atoms with E-state index in [1.54, 1.807) is 0 Å². The second-order valence-corrected chi connectivity index (χ2v) is 3.87. The van der Waals surface area contributed by atoms with E-state index in [4.69, 9.17) is 5.73 Å². The average Bonchev–Trinajstić information content (AvgIpc) is 2.80. The smallest absolute Gasteiger partial charge is 0.343 e. The Balaban J connectivity index is 2.39. The first kappa shape index (κ1) is 12.2. The number of methoxy groups -OCH3 is 1. The van der Waals surface area contributed by atoms with Crippen molar-refractivity contribution in [2.45, 2.75) is 13.3 Å². The summed E-state index contributed by atoms with van der Waals surface area (Å²) in [7, 11) is 1.31. The highest BCUT2D eigenvalue weighted by atomic mass is 16.5. The van der Waals surface area contributed by atoms with Gasteiger partial charge in [0.05, 0.1) is 19.0 Å². The van der Waals surface area contributed by atoms with Gasteiger partial charge in [0, 0.05) is 0 Å². The third-order valence-corrected chi connectivity index (χ3v) is 2.80. The van der Waals surface area contributed by atoms with Crippen molar-refractivity contribution in [2.75, 3.05) is 12.8 Å². The molecule has 0 radical (unpaired) electrons. The number of aromatic nitrogens is 2. The van der Waals surface area contributed by atoms with Crippen molar-refractivity contribution in [1.82, 2.24) is 9.78 Å². The number of hydrogen-bond donors (Lipinski definition) is 1. The molecule has 0 saturated heterocycles. The monoisotopic (exact) mass is 245 g/mol. The van der Waals surface area contributed by atoms with Crippen LogP contribution in [-0.4, -0.2) is 22.9 Å². The zero-order chi connectivity index (χ0) is 13.1. The first-order valence-corrected chi connectivity index (χ1v) is 5.68. The summed E-state index contributed by atoms with van der Waals surface area (Å²) in [6.45, 7) is 2.09. The molecule has 0 saturated carbocycles. The molecule has 1 aromatic heterocycles. The Kier molecular flexibility index (Phi) is 3.32. The van der Waals surface area contributed by atoms with Crippen LogP contribution in [0.5, 0.6) is 0 Å². The molecule has 18 heavy (non-hydrogen) atoms. The molecule has 94 valence electrons. The zero-order valence-electron chi connectivity index (χ0n) is 10.4. The van der Waals surface area contributed by atoms with Crippen LogP contribution in [-0.2, 0) is 11.2 Å². The van der Waals surface area contributed by atoms with Gasteiger partial charge in [-0.2, -0.15) is 5.10 Å². The molecule has 2 N–H and O–H groups in total. The molecule has 0 unspecified atom stereocenters. The second kappa shape index (κ2) is 4.91. The number of nitrogens with zero attached hydrogens (tertiary/aromatic N) is 2. The Hall–Kier alpha value is -2.30. The van der Waals surface area contributed by atoms with Crippen LogP contribution in [0.4, 0.5) is 5.82 Å². The van der Waals surface area contributed by atoms with Gasteiger partial charge < -0.3 is 10.5 Å². The Morgan fingerprint density at radius 2 is 2.06 bits per heavy atom. The lowest BCUT2D eigenvalue weighted by Crippen LogP contribution is -2.07. The third-order valence-electron chi connectivity index (χ3n) is 2.80. The fourth-order valence-corrected chi connectivity index (χ4v) is 1.70. The number of aryl methyl sites for hydroxylation is 1. The molecule has 0 spiro atoms. The standard InChI is InChI=1S/C13H15N3O2/c1-3-9-4-6-10(7-5-9)16-12(14)11(8-15-16)13(17)18-2/h4-8H,3,14H2,1-2H3. The number of ether oxygens (including phenoxy) is 1. The summed E-state index contributed by atoms with van der Waals surface area (Å²) < 4.78 is 6.15. The molecule has 2 aromatic rings. The van der Waals surface area contributed by atoms with Crippen molar-refractivity contribution >= 4 is 11.8 Å². The lowest BCUT2D eigenvalue weighted by atomic mass is 10.1. The van der Waals surface area contributed by atoms with Crippen LogP contribution >= 0.6 is 0 Å². The molecule has 0 aliphatic rings. The van der Waals surface area contributed by atoms with E-state index in [2.05, 4.69) is 16.8 Å². The molecular weight excluding hydrogens is 230 g/mol. The van der Waals surface area contributed by atoms with Crippen LogP contribution in [0.3, 0.4) is 0 Å². The molecule has 0 aliphatic carbocycles. The lowest BCUT2D eigenvalue weighted by Gasteiger charge is -2.05. The molecule has 0 aliphatic heterocycles. The highest BCUT2D eigenvalue weighted by Gasteiger charge is 2.16. The summed E-state index contributed by atoms with van der Waals surface area (Å²) in [6, 6.07) is 7.86. The van der Waals surface area contributed by atoms with Crippen molar-refractivity contribution in [2.24, 2.45) is 0 Å². The van der Waals surface area contributed by atoms with Gasteiger partial charge in [-0.25, -0.2) is 9.48 Å². The Morgan fingerprint density at radius 1 is 1.39 bits per heavy atom. The molecule has 0 amide bonds. The van der Waals surface area contributed by atoms with Gasteiger partial charge in [-0.15, -0.1) is 0 Å². The summed E-state index contributed by atoms with van der Waals surface area (Å²) in [5.74, 6) is -0.199. The number of rotatable bonds is 3. The van der Waals surface area contributed by atoms with Gasteiger partial charge in [0.15, 0.2) is 0 Å². The fourth-order valence-electron chi connectivity index (χ4n) is 1.70. The van der Waals surface area contributed by atoms with Gasteiger partial charge in [-0.1, -0.05) is 19.1 Å². The molecule has 2 rings (SSSR count). The van der Waals surface area contributed by atoms with Gasteiger partial charge in [-0.3, -0.25) is 0 Å². The van der Waals surface area contributed by atoms with E-state index in [9.17, 15) is 4.79 Å². The highest BCUT2D eigenvalue weighted by molar-refractivity contribution is 5.94. The predicted octanol–water partition coefficient (Wildman–Crippen LogP) is 1.80. The minimum absolute atomic E-state index is 0.275. The first-order chi connectivity index (χ1) is 8.67. The van der Waals surface area contributed by atoms with Crippen molar-refractivity contribution in [3.8, 4) is 5.69 Å². The molecule has 1 aromatic carbocycles. The number of carbonyl (C=O) groups excluding carboxylic acids is 1. The topological polar surface area (TPSA) is 70.1 Å². The number of nitrogens with two attached hydrogens (primary N) is 1. The van der Waals surface area contributed by atoms with E-state index >= 15 is 0 Å². The van der Waals surface area contributed by atoms with Gasteiger partial charge in [0.25, 0.3) is 0 Å². The molecule has 0 bridgehead atoms. The fraction of sp³-hybridized carbons (Fsp3) is 0.231. The van der Waals surface area contributed by atoms with Crippen LogP contribution in [0.25, 0.3) is 5.69 Å². The minimum Gasteiger partial charge on any atom is -0.465 e. The van der Waals surface area contributed by atoms with E-state index in [-0.39, 0.29) is 11.4 Å². The lowest BCUT2D eigenvalue weighted by molar-refractivity contribution is 0.0602. The van der Waals surface area contributed by atoms with E-state index in [0.717, 1.165) is 12.1 Å². The number of hydrogen-bond acceptors (Lipinski definition) is 4. The zero-order valence-corrected chi connectivity index (χ0v) is 10.4. The van der Waals surface area contributed by atoms with Crippen molar-refractivity contribution in [1.29, 1.82) is 0 Å². The van der Waals surface area contributed by atoms with E-state index in [1.165, 1.54) is 23.6 Å². The molecule has 0 fully saturated rings. The maximum absolute atomic E-state index is 11.4. The first-order valence-electron chi connectivity index (χ1n) is 5.68. The van der Waals surface area contributed by atoms with Crippen LogP contribution in [0.1, 0.15) is 22.8 Å². The Morgan fingerprint density at radius 3 is 2.61 bits per heavy atom. The maximum Gasteiger partial charge on any atom is 0.343 e. The average molecular weight is 245 g/mol. The van der Waals surface area contributed by atoms with Crippen molar-refractivity contribution < 1.29 is 9.53 Å². The number of anilines is 1. The third kappa shape index (κ3) is 2.07. The van der Waals surface area contributed by atoms with Gasteiger partial charge in [0.2, 0.25) is 0 Å². The normalized spacial score (nSPS) is 10.3. The number of esters is 1. The molecule has 5 nitrogen and oxygen atoms in total. The van der Waals surface area contributed by atoms with E-state index in [1.807, 2.05) is 24.3 Å². The van der Waals surface area contributed by atoms with Crippen molar-refractivity contribution in [3.63, 3.8) is 0 Å². The van der Waals surface area contributed by atoms with Crippen LogP contribution in [0, 0.1) is 0 Å². The van der Waals surface area contributed by atoms with Crippen LogP contribution in [0.2, 0.25) is 0 Å². The summed E-state index contributed by atoms with van der Waals surface area (Å²) in [4.78, 5) is 11.4. The van der Waals surface area contributed by atoms with E-state index < -0.39 is 5.97 Å². The molecule has 1 heterocycles. The summed E-state index contributed by atoms with van der Waals surface area (Å²) in [5, 5.41) is 4.10. The second-order valence-electron chi connectivity index (χ2n) is 3.87. The summed E-state index contributed by atoms with van der Waals surface area (Å²) in [5.41, 5.74) is 8.21.